The largest absolute Gasteiger partial charge is 0.508 e. The van der Waals surface area contributed by atoms with E-state index in [1.54, 1.807) is 36.4 Å². The smallest absolute Gasteiger partial charge is 0.115 e. The Morgan fingerprint density at radius 1 is 1.32 bits per heavy atom. The van der Waals surface area contributed by atoms with Crippen molar-refractivity contribution in [2.45, 2.75) is 25.8 Å². The molecule has 0 saturated carbocycles. The predicted molar refractivity (Wildman–Crippen MR) is 122 cm³/mol. The minimum Gasteiger partial charge on any atom is -0.508 e. The molecule has 2 atom stereocenters. The molecule has 6 heteroatoms. The average Bonchev–Trinajstić information content (AvgIpc) is 3.13. The van der Waals surface area contributed by atoms with Gasteiger partial charge in [-0.05, 0) is 73.4 Å². The number of fused-ring (bicyclic) bond motifs is 3. The molecule has 2 aliphatic rings. The minimum atomic E-state index is -0.295. The van der Waals surface area contributed by atoms with Crippen molar-refractivity contribution in [2.24, 2.45) is 11.0 Å². The highest BCUT2D eigenvalue weighted by Crippen LogP contribution is 2.42. The van der Waals surface area contributed by atoms with Crippen molar-refractivity contribution in [3.63, 3.8) is 0 Å². The van der Waals surface area contributed by atoms with Crippen molar-refractivity contribution in [3.8, 4) is 11.8 Å². The Balaban J connectivity index is 1.86. The van der Waals surface area contributed by atoms with E-state index in [1.807, 2.05) is 17.1 Å². The first-order valence-electron chi connectivity index (χ1n) is 9.99. The fourth-order valence-electron chi connectivity index (χ4n) is 4.30. The molecule has 1 aliphatic carbocycles. The number of benzene rings is 2. The monoisotopic (exact) mass is 433 g/mol. The summed E-state index contributed by atoms with van der Waals surface area (Å²) in [6.45, 7) is 5.35. The SMILES string of the molecule is C=C/C(=C\C=C(/C)F)[C@@H]1[C@@H]2CCc3cc(O)ccc3C2=NN1c1ccc(C#N)c(Cl)c1. The number of hydrazone groups is 1. The lowest BCUT2D eigenvalue weighted by Gasteiger charge is -2.31. The third kappa shape index (κ3) is 3.87. The maximum Gasteiger partial charge on any atom is 0.115 e. The van der Waals surface area contributed by atoms with Crippen LogP contribution in [0.15, 0.2) is 77.7 Å². The molecule has 0 aromatic heterocycles. The van der Waals surface area contributed by atoms with E-state index in [4.69, 9.17) is 16.7 Å². The van der Waals surface area contributed by atoms with E-state index in [0.29, 0.717) is 10.6 Å². The molecule has 1 aliphatic heterocycles. The summed E-state index contributed by atoms with van der Waals surface area (Å²) in [6.07, 6.45) is 6.51. The quantitative estimate of drug-likeness (QED) is 0.596. The van der Waals surface area contributed by atoms with Gasteiger partial charge in [-0.2, -0.15) is 10.4 Å². The molecule has 1 N–H and O–H groups in total. The highest BCUT2D eigenvalue weighted by Gasteiger charge is 2.42. The zero-order chi connectivity index (χ0) is 22.1. The lowest BCUT2D eigenvalue weighted by molar-refractivity contribution is 0.473. The summed E-state index contributed by atoms with van der Waals surface area (Å²) in [6, 6.07) is 12.4. The van der Waals surface area contributed by atoms with Gasteiger partial charge in [-0.1, -0.05) is 30.3 Å². The second kappa shape index (κ2) is 8.41. The molecule has 4 nitrogen and oxygen atoms in total. The van der Waals surface area contributed by atoms with Crippen LogP contribution >= 0.6 is 11.6 Å². The molecule has 0 fully saturated rings. The van der Waals surface area contributed by atoms with Gasteiger partial charge in [0.1, 0.15) is 11.8 Å². The van der Waals surface area contributed by atoms with Crippen molar-refractivity contribution < 1.29 is 9.50 Å². The van der Waals surface area contributed by atoms with Crippen molar-refractivity contribution in [3.05, 3.63) is 94.3 Å². The number of nitrogens with zero attached hydrogens (tertiary/aromatic N) is 3. The van der Waals surface area contributed by atoms with Gasteiger partial charge in [-0.3, -0.25) is 5.01 Å². The van der Waals surface area contributed by atoms with Gasteiger partial charge >= 0.3 is 0 Å². The summed E-state index contributed by atoms with van der Waals surface area (Å²) < 4.78 is 13.5. The third-order valence-corrected chi connectivity index (χ3v) is 6.03. The molecular formula is C25H21ClFN3O. The summed E-state index contributed by atoms with van der Waals surface area (Å²) in [5.41, 5.74) is 4.94. The molecule has 2 aromatic rings. The van der Waals surface area contributed by atoms with Crippen LogP contribution in [0.5, 0.6) is 5.75 Å². The van der Waals surface area contributed by atoms with Crippen molar-refractivity contribution in [1.82, 2.24) is 0 Å². The number of phenolic OH excluding ortho intramolecular Hbond substituents is 1. The van der Waals surface area contributed by atoms with Gasteiger partial charge in [0, 0.05) is 11.5 Å². The highest BCUT2D eigenvalue weighted by molar-refractivity contribution is 6.32. The second-order valence-corrected chi connectivity index (χ2v) is 8.07. The molecule has 0 spiro atoms. The predicted octanol–water partition coefficient (Wildman–Crippen LogP) is 6.06. The number of hydrogen-bond donors (Lipinski definition) is 1. The van der Waals surface area contributed by atoms with Crippen molar-refractivity contribution >= 4 is 23.0 Å². The Morgan fingerprint density at radius 2 is 2.13 bits per heavy atom. The van der Waals surface area contributed by atoms with Crippen LogP contribution in [0, 0.1) is 17.2 Å². The van der Waals surface area contributed by atoms with Gasteiger partial charge in [-0.25, -0.2) is 4.39 Å². The Morgan fingerprint density at radius 3 is 2.81 bits per heavy atom. The van der Waals surface area contributed by atoms with Crippen LogP contribution in [0.4, 0.5) is 10.1 Å². The molecule has 156 valence electrons. The molecule has 0 saturated heterocycles. The lowest BCUT2D eigenvalue weighted by atomic mass is 9.77. The number of phenols is 1. The average molecular weight is 434 g/mol. The Hall–Kier alpha value is -3.36. The van der Waals surface area contributed by atoms with Gasteiger partial charge in [0.25, 0.3) is 0 Å². The number of hydrogen-bond acceptors (Lipinski definition) is 4. The summed E-state index contributed by atoms with van der Waals surface area (Å²) in [5.74, 6) is -0.00161. The van der Waals surface area contributed by atoms with E-state index >= 15 is 0 Å². The molecule has 2 aromatic carbocycles. The molecule has 1 heterocycles. The minimum absolute atomic E-state index is 0.0593. The highest BCUT2D eigenvalue weighted by atomic mass is 35.5. The molecule has 31 heavy (non-hydrogen) atoms. The summed E-state index contributed by atoms with van der Waals surface area (Å²) in [5, 5.41) is 26.3. The van der Waals surface area contributed by atoms with E-state index in [1.165, 1.54) is 13.0 Å². The summed E-state index contributed by atoms with van der Waals surface area (Å²) in [4.78, 5) is 0. The van der Waals surface area contributed by atoms with Gasteiger partial charge in [0.2, 0.25) is 0 Å². The normalized spacial score (nSPS) is 20.6. The van der Waals surface area contributed by atoms with Crippen molar-refractivity contribution in [2.75, 3.05) is 5.01 Å². The van der Waals surface area contributed by atoms with E-state index < -0.39 is 0 Å². The Bertz CT molecular complexity index is 1190. The molecule has 0 amide bonds. The number of allylic oxidation sites excluding steroid dienone is 3. The number of halogens is 2. The van der Waals surface area contributed by atoms with Crippen LogP contribution in [0.2, 0.25) is 5.02 Å². The van der Waals surface area contributed by atoms with Crippen LogP contribution in [-0.4, -0.2) is 16.9 Å². The summed E-state index contributed by atoms with van der Waals surface area (Å²) in [7, 11) is 0. The van der Waals surface area contributed by atoms with Crippen LogP contribution in [-0.2, 0) is 6.42 Å². The van der Waals surface area contributed by atoms with Gasteiger partial charge in [-0.15, -0.1) is 0 Å². The molecule has 0 unspecified atom stereocenters. The Kier molecular flexibility index (Phi) is 5.67. The first-order valence-corrected chi connectivity index (χ1v) is 10.4. The Labute approximate surface area is 185 Å². The molecule has 4 rings (SSSR count). The number of aryl methyl sites for hydroxylation is 1. The topological polar surface area (TPSA) is 59.6 Å². The van der Waals surface area contributed by atoms with Crippen molar-refractivity contribution in [1.29, 1.82) is 5.26 Å². The third-order valence-electron chi connectivity index (χ3n) is 5.72. The van der Waals surface area contributed by atoms with Gasteiger partial charge in [0.15, 0.2) is 0 Å². The standard InChI is InChI=1S/C25H21ClFN3O/c1-3-16(5-4-15(2)27)25-22-10-7-17-12-20(31)9-11-21(17)24(22)29-30(25)19-8-6-18(14-28)23(26)13-19/h3-6,8-9,11-13,22,25,31H,1,7,10H2,2H3/b15-4+,16-5+/t22-,25-/m1/s1. The first-order chi connectivity index (χ1) is 14.9. The van der Waals surface area contributed by atoms with E-state index in [9.17, 15) is 14.8 Å². The fraction of sp³-hybridized carbons (Fsp3) is 0.200. The molecule has 0 bridgehead atoms. The molecular weight excluding hydrogens is 413 g/mol. The maximum atomic E-state index is 13.5. The van der Waals surface area contributed by atoms with E-state index in [2.05, 4.69) is 12.6 Å². The zero-order valence-corrected chi connectivity index (χ0v) is 17.8. The number of anilines is 1. The van der Waals surface area contributed by atoms with E-state index in [-0.39, 0.29) is 23.5 Å². The van der Waals surface area contributed by atoms with Crippen LogP contribution in [0.1, 0.15) is 30.0 Å². The van der Waals surface area contributed by atoms with Gasteiger partial charge < -0.3 is 5.11 Å². The second-order valence-electron chi connectivity index (χ2n) is 7.66. The lowest BCUT2D eigenvalue weighted by Crippen LogP contribution is -2.36. The van der Waals surface area contributed by atoms with Gasteiger partial charge in [0.05, 0.1) is 33.9 Å². The summed E-state index contributed by atoms with van der Waals surface area (Å²) >= 11 is 6.30. The first kappa shape index (κ1) is 20.9. The maximum absolute atomic E-state index is 13.5. The van der Waals surface area contributed by atoms with Crippen LogP contribution in [0.3, 0.4) is 0 Å². The van der Waals surface area contributed by atoms with Crippen LogP contribution < -0.4 is 5.01 Å². The molecule has 0 radical (unpaired) electrons. The number of aromatic hydroxyl groups is 1. The number of nitriles is 1. The van der Waals surface area contributed by atoms with Crippen LogP contribution in [0.25, 0.3) is 0 Å². The fourth-order valence-corrected chi connectivity index (χ4v) is 4.51. The van der Waals surface area contributed by atoms with E-state index in [0.717, 1.165) is 40.9 Å². The number of rotatable bonds is 4. The zero-order valence-electron chi connectivity index (χ0n) is 17.0.